The molecule has 0 aliphatic rings. The molecule has 0 aromatic heterocycles. The van der Waals surface area contributed by atoms with Crippen LogP contribution in [-0.2, 0) is 16.0 Å². The van der Waals surface area contributed by atoms with Crippen LogP contribution in [0.3, 0.4) is 0 Å². The highest BCUT2D eigenvalue weighted by Gasteiger charge is 2.15. The molecule has 0 fully saturated rings. The molecule has 0 unspecified atom stereocenters. The molecule has 2 aromatic carbocycles. The van der Waals surface area contributed by atoms with Crippen molar-refractivity contribution < 1.29 is 28.5 Å². The number of carbonyl (C=O) groups excluding carboxylic acids is 2. The highest BCUT2D eigenvalue weighted by molar-refractivity contribution is 6.39. The van der Waals surface area contributed by atoms with E-state index in [9.17, 15) is 9.59 Å². The van der Waals surface area contributed by atoms with Crippen LogP contribution in [-0.4, -0.2) is 46.8 Å². The lowest BCUT2D eigenvalue weighted by molar-refractivity contribution is -0.136. The summed E-state index contributed by atoms with van der Waals surface area (Å²) in [6.45, 7) is 0.299. The Bertz CT molecular complexity index is 837. The van der Waals surface area contributed by atoms with Gasteiger partial charge in [0, 0.05) is 18.3 Å². The Morgan fingerprint density at radius 2 is 1.32 bits per heavy atom. The van der Waals surface area contributed by atoms with Gasteiger partial charge in [-0.1, -0.05) is 6.07 Å². The SMILES string of the molecule is COc1ccc(CCNC(=O)C(=O)Nc2ccc(OC)c(OC)c2)cc1OC. The van der Waals surface area contributed by atoms with Crippen LogP contribution >= 0.6 is 0 Å². The van der Waals surface area contributed by atoms with Gasteiger partial charge >= 0.3 is 11.8 Å². The number of nitrogens with one attached hydrogen (secondary N) is 2. The molecule has 0 saturated heterocycles. The van der Waals surface area contributed by atoms with E-state index in [1.54, 1.807) is 38.5 Å². The van der Waals surface area contributed by atoms with Gasteiger partial charge in [0.25, 0.3) is 0 Å². The van der Waals surface area contributed by atoms with E-state index in [2.05, 4.69) is 10.6 Å². The molecule has 0 spiro atoms. The molecule has 150 valence electrons. The van der Waals surface area contributed by atoms with Gasteiger partial charge in [0.2, 0.25) is 0 Å². The van der Waals surface area contributed by atoms with Crippen LogP contribution < -0.4 is 29.6 Å². The maximum absolute atomic E-state index is 12.1. The summed E-state index contributed by atoms with van der Waals surface area (Å²) in [4.78, 5) is 24.1. The van der Waals surface area contributed by atoms with Crippen LogP contribution in [0.2, 0.25) is 0 Å². The van der Waals surface area contributed by atoms with Gasteiger partial charge < -0.3 is 29.6 Å². The van der Waals surface area contributed by atoms with Crippen molar-refractivity contribution in [1.82, 2.24) is 5.32 Å². The Labute approximate surface area is 163 Å². The van der Waals surface area contributed by atoms with Gasteiger partial charge in [-0.2, -0.15) is 0 Å². The fraction of sp³-hybridized carbons (Fsp3) is 0.300. The second-order valence-corrected chi connectivity index (χ2v) is 5.72. The summed E-state index contributed by atoms with van der Waals surface area (Å²) >= 11 is 0. The Hall–Kier alpha value is -3.42. The van der Waals surface area contributed by atoms with E-state index < -0.39 is 11.8 Å². The third-order valence-electron chi connectivity index (χ3n) is 3.99. The summed E-state index contributed by atoms with van der Waals surface area (Å²) < 4.78 is 20.7. The maximum Gasteiger partial charge on any atom is 0.313 e. The Kier molecular flexibility index (Phi) is 7.50. The topological polar surface area (TPSA) is 95.1 Å². The monoisotopic (exact) mass is 388 g/mol. The average molecular weight is 388 g/mol. The van der Waals surface area contributed by atoms with Gasteiger partial charge in [-0.15, -0.1) is 0 Å². The van der Waals surface area contributed by atoms with Gasteiger partial charge in [-0.05, 0) is 36.2 Å². The van der Waals surface area contributed by atoms with E-state index in [4.69, 9.17) is 18.9 Å². The summed E-state index contributed by atoms with van der Waals surface area (Å²) in [5.41, 5.74) is 1.37. The molecule has 0 saturated carbocycles. The standard InChI is InChI=1S/C20H24N2O6/c1-25-15-7-5-13(11-17(15)27-3)9-10-21-19(23)20(24)22-14-6-8-16(26-2)18(12-14)28-4/h5-8,11-12H,9-10H2,1-4H3,(H,21,23)(H,22,24). The minimum Gasteiger partial charge on any atom is -0.493 e. The summed E-state index contributed by atoms with van der Waals surface area (Å²) in [5, 5.41) is 5.12. The number of ether oxygens (including phenoxy) is 4. The van der Waals surface area contributed by atoms with Gasteiger partial charge in [-0.3, -0.25) is 9.59 Å². The van der Waals surface area contributed by atoms with Crippen molar-refractivity contribution in [3.63, 3.8) is 0 Å². The molecular weight excluding hydrogens is 364 g/mol. The first-order valence-electron chi connectivity index (χ1n) is 8.54. The highest BCUT2D eigenvalue weighted by atomic mass is 16.5. The fourth-order valence-corrected chi connectivity index (χ4v) is 2.54. The van der Waals surface area contributed by atoms with E-state index in [1.807, 2.05) is 12.1 Å². The fourth-order valence-electron chi connectivity index (χ4n) is 2.54. The Morgan fingerprint density at radius 3 is 1.93 bits per heavy atom. The molecule has 0 heterocycles. The summed E-state index contributed by atoms with van der Waals surface area (Å²) in [6.07, 6.45) is 0.537. The van der Waals surface area contributed by atoms with Crippen LogP contribution in [0.1, 0.15) is 5.56 Å². The third-order valence-corrected chi connectivity index (χ3v) is 3.99. The van der Waals surface area contributed by atoms with Crippen LogP contribution in [0.4, 0.5) is 5.69 Å². The van der Waals surface area contributed by atoms with E-state index in [0.717, 1.165) is 5.56 Å². The lowest BCUT2D eigenvalue weighted by Gasteiger charge is -2.11. The van der Waals surface area contributed by atoms with Crippen LogP contribution in [0.25, 0.3) is 0 Å². The van der Waals surface area contributed by atoms with E-state index in [-0.39, 0.29) is 0 Å². The first kappa shape index (κ1) is 20.9. The van der Waals surface area contributed by atoms with E-state index in [0.29, 0.717) is 41.7 Å². The minimum atomic E-state index is -0.764. The van der Waals surface area contributed by atoms with Gasteiger partial charge in [-0.25, -0.2) is 0 Å². The van der Waals surface area contributed by atoms with Crippen molar-refractivity contribution in [2.75, 3.05) is 40.3 Å². The van der Waals surface area contributed by atoms with Crippen LogP contribution in [0.15, 0.2) is 36.4 Å². The van der Waals surface area contributed by atoms with Crippen LogP contribution in [0.5, 0.6) is 23.0 Å². The zero-order chi connectivity index (χ0) is 20.5. The number of hydrogen-bond donors (Lipinski definition) is 2. The molecule has 2 N–H and O–H groups in total. The molecule has 2 amide bonds. The number of benzene rings is 2. The molecule has 8 heteroatoms. The minimum absolute atomic E-state index is 0.299. The smallest absolute Gasteiger partial charge is 0.313 e. The molecule has 2 aromatic rings. The molecule has 28 heavy (non-hydrogen) atoms. The number of carbonyl (C=O) groups is 2. The highest BCUT2D eigenvalue weighted by Crippen LogP contribution is 2.29. The zero-order valence-corrected chi connectivity index (χ0v) is 16.3. The normalized spacial score (nSPS) is 10.0. The first-order valence-corrected chi connectivity index (χ1v) is 8.54. The third kappa shape index (κ3) is 5.29. The molecule has 0 radical (unpaired) electrons. The number of hydrogen-bond acceptors (Lipinski definition) is 6. The number of anilines is 1. The first-order chi connectivity index (χ1) is 13.5. The number of methoxy groups -OCH3 is 4. The lowest BCUT2D eigenvalue weighted by atomic mass is 10.1. The van der Waals surface area contributed by atoms with Gasteiger partial charge in [0.05, 0.1) is 28.4 Å². The molecule has 0 bridgehead atoms. The molecular formula is C20H24N2O6. The second-order valence-electron chi connectivity index (χ2n) is 5.72. The molecule has 2 rings (SSSR count). The molecule has 0 atom stereocenters. The van der Waals surface area contributed by atoms with Crippen molar-refractivity contribution in [1.29, 1.82) is 0 Å². The van der Waals surface area contributed by atoms with E-state index >= 15 is 0 Å². The van der Waals surface area contributed by atoms with Gasteiger partial charge in [0.15, 0.2) is 23.0 Å². The maximum atomic E-state index is 12.1. The second kappa shape index (κ2) is 10.1. The number of amides is 2. The van der Waals surface area contributed by atoms with Crippen molar-refractivity contribution in [2.45, 2.75) is 6.42 Å². The van der Waals surface area contributed by atoms with Crippen molar-refractivity contribution in [3.05, 3.63) is 42.0 Å². The Balaban J connectivity index is 1.88. The lowest BCUT2D eigenvalue weighted by Crippen LogP contribution is -2.36. The van der Waals surface area contributed by atoms with Crippen molar-refractivity contribution >= 4 is 17.5 Å². The largest absolute Gasteiger partial charge is 0.493 e. The number of rotatable bonds is 8. The predicted molar refractivity (Wildman–Crippen MR) is 104 cm³/mol. The predicted octanol–water partition coefficient (Wildman–Crippen LogP) is 2.02. The van der Waals surface area contributed by atoms with Crippen molar-refractivity contribution in [3.8, 4) is 23.0 Å². The van der Waals surface area contributed by atoms with Crippen molar-refractivity contribution in [2.24, 2.45) is 0 Å². The zero-order valence-electron chi connectivity index (χ0n) is 16.3. The molecule has 0 aliphatic heterocycles. The Morgan fingerprint density at radius 1 is 0.750 bits per heavy atom. The molecule has 8 nitrogen and oxygen atoms in total. The molecule has 0 aliphatic carbocycles. The summed E-state index contributed by atoms with van der Waals surface area (Å²) in [7, 11) is 6.13. The van der Waals surface area contributed by atoms with E-state index in [1.165, 1.54) is 14.2 Å². The van der Waals surface area contributed by atoms with Gasteiger partial charge in [0.1, 0.15) is 0 Å². The quantitative estimate of drug-likeness (QED) is 0.672. The van der Waals surface area contributed by atoms with Crippen LogP contribution in [0, 0.1) is 0 Å². The summed E-state index contributed by atoms with van der Waals surface area (Å²) in [6, 6.07) is 10.3. The summed E-state index contributed by atoms with van der Waals surface area (Å²) in [5.74, 6) is 0.728. The average Bonchev–Trinajstić information content (AvgIpc) is 2.73.